The van der Waals surface area contributed by atoms with Gasteiger partial charge < -0.3 is 4.74 Å². The van der Waals surface area contributed by atoms with Gasteiger partial charge in [-0.25, -0.2) is 4.99 Å². The van der Waals surface area contributed by atoms with E-state index in [1.807, 2.05) is 0 Å². The molecule has 98 valence electrons. The topological polar surface area (TPSA) is 38.7 Å². The maximum atomic E-state index is 13.4. The second-order valence-electron chi connectivity index (χ2n) is 3.27. The summed E-state index contributed by atoms with van der Waals surface area (Å²) in [5.74, 6) is -6.58. The number of benzene rings is 1. The van der Waals surface area contributed by atoms with Crippen molar-refractivity contribution in [3.63, 3.8) is 0 Å². The second-order valence-corrected chi connectivity index (χ2v) is 3.27. The van der Waals surface area contributed by atoms with Gasteiger partial charge >= 0.3 is 12.1 Å². The molecule has 1 rings (SSSR count). The molecule has 0 amide bonds. The molecule has 1 aromatic carbocycles. The first-order valence-electron chi connectivity index (χ1n) is 4.80. The van der Waals surface area contributed by atoms with Gasteiger partial charge in [0.2, 0.25) is 11.9 Å². The van der Waals surface area contributed by atoms with E-state index in [-0.39, 0.29) is 5.69 Å². The number of nitrogens with zero attached hydrogens (tertiary/aromatic N) is 1. The van der Waals surface area contributed by atoms with Gasteiger partial charge in [0.25, 0.3) is 0 Å². The van der Waals surface area contributed by atoms with Crippen molar-refractivity contribution in [2.24, 2.45) is 10.9 Å². The third-order valence-corrected chi connectivity index (χ3v) is 1.99. The Hall–Kier alpha value is -1.92. The molecule has 3 nitrogen and oxygen atoms in total. The molecular weight excluding hydrogens is 254 g/mol. The molecule has 0 aromatic heterocycles. The average Bonchev–Trinajstić information content (AvgIpc) is 2.28. The van der Waals surface area contributed by atoms with Crippen molar-refractivity contribution in [2.45, 2.75) is 6.18 Å². The molecule has 0 saturated carbocycles. The number of aliphatic imine (C=N–C) groups is 1. The smallest absolute Gasteiger partial charge is 0.410 e. The van der Waals surface area contributed by atoms with Gasteiger partial charge in [-0.3, -0.25) is 4.79 Å². The fourth-order valence-electron chi connectivity index (χ4n) is 1.17. The second kappa shape index (κ2) is 5.61. The number of carbonyl (C=O) groups is 1. The number of esters is 1. The Balaban J connectivity index is 3.07. The molecule has 0 bridgehead atoms. The molecule has 1 aromatic rings. The molecule has 7 heteroatoms. The number of para-hydroxylation sites is 1. The SMILES string of the molecule is COC(=O)C(C(F)=Nc1ccccc1)C(F)(F)F. The number of hydrogen-bond donors (Lipinski definition) is 0. The molecule has 18 heavy (non-hydrogen) atoms. The Bertz CT molecular complexity index is 442. The van der Waals surface area contributed by atoms with E-state index in [0.29, 0.717) is 0 Å². The third-order valence-electron chi connectivity index (χ3n) is 1.99. The van der Waals surface area contributed by atoms with Gasteiger partial charge in [-0.2, -0.15) is 17.6 Å². The van der Waals surface area contributed by atoms with Crippen LogP contribution in [0.5, 0.6) is 0 Å². The number of halogens is 4. The standard InChI is InChI=1S/C11H9F4NO2/c1-18-10(17)8(11(13,14)15)9(12)16-7-5-3-2-4-6-7/h2-6,8H,1H3. The summed E-state index contributed by atoms with van der Waals surface area (Å²) in [4.78, 5) is 14.1. The van der Waals surface area contributed by atoms with E-state index in [9.17, 15) is 22.4 Å². The van der Waals surface area contributed by atoms with Crippen LogP contribution in [0.4, 0.5) is 23.2 Å². The summed E-state index contributed by atoms with van der Waals surface area (Å²) in [6, 6.07) is 7.17. The first kappa shape index (κ1) is 14.1. The summed E-state index contributed by atoms with van der Waals surface area (Å²) in [5, 5.41) is 0. The monoisotopic (exact) mass is 263 g/mol. The molecule has 0 spiro atoms. The summed E-state index contributed by atoms with van der Waals surface area (Å²) in [7, 11) is 0.747. The predicted molar refractivity (Wildman–Crippen MR) is 56.2 cm³/mol. The van der Waals surface area contributed by atoms with Gasteiger partial charge in [0.05, 0.1) is 12.8 Å². The van der Waals surface area contributed by atoms with E-state index in [0.717, 1.165) is 7.11 Å². The molecule has 0 fully saturated rings. The van der Waals surface area contributed by atoms with Crippen LogP contribution in [-0.2, 0) is 9.53 Å². The number of hydrogen-bond acceptors (Lipinski definition) is 3. The van der Waals surface area contributed by atoms with Crippen molar-refractivity contribution in [3.05, 3.63) is 30.3 Å². The summed E-state index contributed by atoms with van der Waals surface area (Å²) >= 11 is 0. The highest BCUT2D eigenvalue weighted by atomic mass is 19.4. The zero-order chi connectivity index (χ0) is 13.8. The highest BCUT2D eigenvalue weighted by molar-refractivity contribution is 5.99. The van der Waals surface area contributed by atoms with E-state index in [1.165, 1.54) is 24.3 Å². The Morgan fingerprint density at radius 1 is 1.28 bits per heavy atom. The summed E-state index contributed by atoms with van der Waals surface area (Å²) < 4.78 is 54.8. The quantitative estimate of drug-likeness (QED) is 0.477. The number of ether oxygens (including phenoxy) is 1. The van der Waals surface area contributed by atoms with Crippen LogP contribution in [0.25, 0.3) is 0 Å². The van der Waals surface area contributed by atoms with Gasteiger partial charge in [-0.15, -0.1) is 0 Å². The van der Waals surface area contributed by atoms with Gasteiger partial charge in [0, 0.05) is 0 Å². The zero-order valence-electron chi connectivity index (χ0n) is 9.24. The van der Waals surface area contributed by atoms with Crippen molar-refractivity contribution < 1.29 is 27.1 Å². The van der Waals surface area contributed by atoms with Crippen LogP contribution in [-0.4, -0.2) is 25.2 Å². The molecule has 1 unspecified atom stereocenters. The lowest BCUT2D eigenvalue weighted by Gasteiger charge is -2.15. The van der Waals surface area contributed by atoms with E-state index in [2.05, 4.69) is 9.73 Å². The van der Waals surface area contributed by atoms with Crippen molar-refractivity contribution in [1.82, 2.24) is 0 Å². The van der Waals surface area contributed by atoms with Crippen molar-refractivity contribution >= 4 is 17.6 Å². The van der Waals surface area contributed by atoms with Crippen LogP contribution in [0, 0.1) is 5.92 Å². The molecule has 0 radical (unpaired) electrons. The molecule has 0 aliphatic rings. The number of carbonyl (C=O) groups excluding carboxylic acids is 1. The normalized spacial score (nSPS) is 14.2. The third kappa shape index (κ3) is 3.54. The molecule has 0 aliphatic carbocycles. The molecule has 0 heterocycles. The molecule has 0 aliphatic heterocycles. The Labute approximate surface area is 100 Å². The minimum absolute atomic E-state index is 0.0202. The van der Waals surface area contributed by atoms with Crippen LogP contribution >= 0.6 is 0 Å². The van der Waals surface area contributed by atoms with Crippen LogP contribution in [0.2, 0.25) is 0 Å². The fourth-order valence-corrected chi connectivity index (χ4v) is 1.17. The average molecular weight is 263 g/mol. The summed E-state index contributed by atoms with van der Waals surface area (Å²) in [6.45, 7) is 0. The molecular formula is C11H9F4NO2. The van der Waals surface area contributed by atoms with E-state index < -0.39 is 24.0 Å². The lowest BCUT2D eigenvalue weighted by molar-refractivity contribution is -0.183. The highest BCUT2D eigenvalue weighted by Gasteiger charge is 2.50. The molecule has 0 N–H and O–H groups in total. The van der Waals surface area contributed by atoms with Crippen molar-refractivity contribution in [3.8, 4) is 0 Å². The first-order valence-corrected chi connectivity index (χ1v) is 4.80. The van der Waals surface area contributed by atoms with E-state index >= 15 is 0 Å². The predicted octanol–water partition coefficient (Wildman–Crippen LogP) is 3.04. The van der Waals surface area contributed by atoms with E-state index in [1.54, 1.807) is 6.07 Å². The van der Waals surface area contributed by atoms with Gasteiger partial charge in [-0.1, -0.05) is 18.2 Å². The lowest BCUT2D eigenvalue weighted by atomic mass is 10.1. The Morgan fingerprint density at radius 2 is 1.83 bits per heavy atom. The molecule has 0 saturated heterocycles. The maximum absolute atomic E-state index is 13.4. The first-order chi connectivity index (χ1) is 8.36. The summed E-state index contributed by atoms with van der Waals surface area (Å²) in [5.41, 5.74) is -0.0202. The molecule has 1 atom stereocenters. The van der Waals surface area contributed by atoms with Crippen LogP contribution < -0.4 is 0 Å². The van der Waals surface area contributed by atoms with E-state index in [4.69, 9.17) is 0 Å². The fraction of sp³-hybridized carbons (Fsp3) is 0.273. The number of methoxy groups -OCH3 is 1. The highest BCUT2D eigenvalue weighted by Crippen LogP contribution is 2.30. The number of rotatable bonds is 3. The van der Waals surface area contributed by atoms with Crippen LogP contribution in [0.1, 0.15) is 0 Å². The zero-order valence-corrected chi connectivity index (χ0v) is 9.24. The maximum Gasteiger partial charge on any atom is 0.410 e. The largest absolute Gasteiger partial charge is 0.468 e. The van der Waals surface area contributed by atoms with Gasteiger partial charge in [0.15, 0.2) is 0 Å². The van der Waals surface area contributed by atoms with Gasteiger partial charge in [-0.05, 0) is 12.1 Å². The number of alkyl halides is 3. The van der Waals surface area contributed by atoms with Crippen LogP contribution in [0.15, 0.2) is 35.3 Å². The Morgan fingerprint density at radius 3 is 2.28 bits per heavy atom. The van der Waals surface area contributed by atoms with Gasteiger partial charge in [0.1, 0.15) is 0 Å². The van der Waals surface area contributed by atoms with Crippen molar-refractivity contribution in [1.29, 1.82) is 0 Å². The van der Waals surface area contributed by atoms with Crippen LogP contribution in [0.3, 0.4) is 0 Å². The summed E-state index contributed by atoms with van der Waals surface area (Å²) in [6.07, 6.45) is -5.09. The van der Waals surface area contributed by atoms with Crippen molar-refractivity contribution in [2.75, 3.05) is 7.11 Å². The minimum Gasteiger partial charge on any atom is -0.468 e. The lowest BCUT2D eigenvalue weighted by Crippen LogP contribution is -2.36. The minimum atomic E-state index is -5.09. The Kier molecular flexibility index (Phi) is 4.41.